The van der Waals surface area contributed by atoms with Crippen LogP contribution in [-0.4, -0.2) is 31.7 Å². The fourth-order valence-electron chi connectivity index (χ4n) is 3.24. The lowest BCUT2D eigenvalue weighted by Gasteiger charge is -2.20. The molecule has 2 aromatic carbocycles. The molecule has 2 aromatic rings. The first-order chi connectivity index (χ1) is 12.9. The Morgan fingerprint density at radius 1 is 1.11 bits per heavy atom. The smallest absolute Gasteiger partial charge is 0.243 e. The summed E-state index contributed by atoms with van der Waals surface area (Å²) >= 11 is 0. The van der Waals surface area contributed by atoms with Crippen molar-refractivity contribution in [3.63, 3.8) is 0 Å². The lowest BCUT2D eigenvalue weighted by atomic mass is 10.1. The lowest BCUT2D eigenvalue weighted by Crippen LogP contribution is -2.40. The molecule has 144 valence electrons. The van der Waals surface area contributed by atoms with Gasteiger partial charge in [-0.15, -0.1) is 0 Å². The molecular weight excluding hydrogens is 367 g/mol. The average Bonchev–Trinajstić information content (AvgIpc) is 3.13. The number of fused-ring (bicyclic) bond motifs is 1. The summed E-state index contributed by atoms with van der Waals surface area (Å²) in [5, 5.41) is 2.68. The van der Waals surface area contributed by atoms with Crippen molar-refractivity contribution in [2.75, 3.05) is 13.1 Å². The number of likely N-dealkylation sites (N-methyl/N-ethyl adjacent to an activating group) is 1. The molecule has 0 saturated heterocycles. The topological polar surface area (TPSA) is 66.5 Å². The van der Waals surface area contributed by atoms with Crippen molar-refractivity contribution in [3.8, 4) is 0 Å². The Morgan fingerprint density at radius 2 is 1.81 bits per heavy atom. The molecule has 1 N–H and O–H groups in total. The second-order valence-electron chi connectivity index (χ2n) is 6.62. The van der Waals surface area contributed by atoms with Crippen LogP contribution in [0.1, 0.15) is 30.0 Å². The number of hydrogen-bond acceptors (Lipinski definition) is 3. The molecule has 0 bridgehead atoms. The van der Waals surface area contributed by atoms with Crippen LogP contribution in [0.4, 0.5) is 4.39 Å². The number of nitrogens with one attached hydrogen (secondary N) is 1. The van der Waals surface area contributed by atoms with Gasteiger partial charge in [-0.25, -0.2) is 12.8 Å². The summed E-state index contributed by atoms with van der Waals surface area (Å²) in [7, 11) is -3.73. The van der Waals surface area contributed by atoms with Gasteiger partial charge in [0.05, 0.1) is 11.4 Å². The summed E-state index contributed by atoms with van der Waals surface area (Å²) < 4.78 is 39.9. The number of sulfonamides is 1. The maximum atomic E-state index is 12.9. The molecule has 0 atom stereocenters. The number of hydrogen-bond donors (Lipinski definition) is 1. The van der Waals surface area contributed by atoms with Gasteiger partial charge in [0, 0.05) is 13.1 Å². The molecule has 0 unspecified atom stereocenters. The molecule has 0 aliphatic heterocycles. The van der Waals surface area contributed by atoms with Gasteiger partial charge in [-0.3, -0.25) is 4.79 Å². The van der Waals surface area contributed by atoms with Crippen LogP contribution < -0.4 is 5.32 Å². The fraction of sp³-hybridized carbons (Fsp3) is 0.350. The number of rotatable bonds is 7. The Hall–Kier alpha value is -2.25. The Kier molecular flexibility index (Phi) is 5.92. The van der Waals surface area contributed by atoms with E-state index in [1.54, 1.807) is 31.2 Å². The molecule has 0 spiro atoms. The van der Waals surface area contributed by atoms with E-state index in [9.17, 15) is 17.6 Å². The van der Waals surface area contributed by atoms with E-state index in [2.05, 4.69) is 5.32 Å². The number of aryl methyl sites for hydroxylation is 2. The summed E-state index contributed by atoms with van der Waals surface area (Å²) in [5.41, 5.74) is 3.02. The molecular formula is C20H23FN2O3S. The standard InChI is InChI=1S/C20H23FN2O3S/c1-2-23(14-20(24)22-13-15-6-9-18(21)10-7-15)27(25,26)19-11-8-16-4-3-5-17(16)12-19/h6-12H,2-5,13-14H2,1H3,(H,22,24). The van der Waals surface area contributed by atoms with Crippen LogP contribution >= 0.6 is 0 Å². The van der Waals surface area contributed by atoms with Crippen LogP contribution in [-0.2, 0) is 34.2 Å². The molecule has 0 fully saturated rings. The molecule has 3 rings (SSSR count). The van der Waals surface area contributed by atoms with E-state index in [-0.39, 0.29) is 30.3 Å². The minimum atomic E-state index is -3.73. The van der Waals surface area contributed by atoms with Crippen molar-refractivity contribution in [1.82, 2.24) is 9.62 Å². The van der Waals surface area contributed by atoms with Crippen LogP contribution in [0.25, 0.3) is 0 Å². The van der Waals surface area contributed by atoms with Crippen LogP contribution in [0.15, 0.2) is 47.4 Å². The number of carbonyl (C=O) groups is 1. The number of carbonyl (C=O) groups excluding carboxylic acids is 1. The Balaban J connectivity index is 1.66. The van der Waals surface area contributed by atoms with E-state index in [4.69, 9.17) is 0 Å². The third kappa shape index (κ3) is 4.54. The Labute approximate surface area is 159 Å². The van der Waals surface area contributed by atoms with Crippen LogP contribution in [0.5, 0.6) is 0 Å². The van der Waals surface area contributed by atoms with Gasteiger partial charge in [-0.2, -0.15) is 4.31 Å². The van der Waals surface area contributed by atoms with Crippen molar-refractivity contribution < 1.29 is 17.6 Å². The maximum absolute atomic E-state index is 12.9. The highest BCUT2D eigenvalue weighted by molar-refractivity contribution is 7.89. The maximum Gasteiger partial charge on any atom is 0.243 e. The van der Waals surface area contributed by atoms with Crippen LogP contribution in [0, 0.1) is 5.82 Å². The first kappa shape index (κ1) is 19.5. The van der Waals surface area contributed by atoms with Crippen molar-refractivity contribution in [3.05, 3.63) is 65.0 Å². The molecule has 0 heterocycles. The summed E-state index contributed by atoms with van der Waals surface area (Å²) in [6.45, 7) is 1.87. The van der Waals surface area contributed by atoms with E-state index in [1.807, 2.05) is 6.07 Å². The van der Waals surface area contributed by atoms with Crippen LogP contribution in [0.2, 0.25) is 0 Å². The summed E-state index contributed by atoms with van der Waals surface area (Å²) in [6, 6.07) is 11.0. The lowest BCUT2D eigenvalue weighted by molar-refractivity contribution is -0.121. The Morgan fingerprint density at radius 3 is 2.52 bits per heavy atom. The summed E-state index contributed by atoms with van der Waals surface area (Å²) in [6.07, 6.45) is 2.92. The number of nitrogens with zero attached hydrogens (tertiary/aromatic N) is 1. The summed E-state index contributed by atoms with van der Waals surface area (Å²) in [5.74, 6) is -0.742. The molecule has 0 saturated carbocycles. The monoisotopic (exact) mass is 390 g/mol. The Bertz CT molecular complexity index is 927. The first-order valence-corrected chi connectivity index (χ1v) is 10.5. The number of amides is 1. The highest BCUT2D eigenvalue weighted by atomic mass is 32.2. The van der Waals surface area contributed by atoms with Gasteiger partial charge in [-0.05, 0) is 60.2 Å². The molecule has 0 aromatic heterocycles. The predicted molar refractivity (Wildman–Crippen MR) is 101 cm³/mol. The van der Waals surface area contributed by atoms with E-state index >= 15 is 0 Å². The van der Waals surface area contributed by atoms with Crippen molar-refractivity contribution >= 4 is 15.9 Å². The molecule has 5 nitrogen and oxygen atoms in total. The first-order valence-electron chi connectivity index (χ1n) is 9.03. The van der Waals surface area contributed by atoms with Crippen molar-refractivity contribution in [1.29, 1.82) is 0 Å². The van der Waals surface area contributed by atoms with Gasteiger partial charge >= 0.3 is 0 Å². The molecule has 1 aliphatic carbocycles. The van der Waals surface area contributed by atoms with Crippen LogP contribution in [0.3, 0.4) is 0 Å². The molecule has 27 heavy (non-hydrogen) atoms. The number of benzene rings is 2. The van der Waals surface area contributed by atoms with Gasteiger partial charge in [0.25, 0.3) is 0 Å². The zero-order valence-electron chi connectivity index (χ0n) is 15.2. The van der Waals surface area contributed by atoms with Gasteiger partial charge < -0.3 is 5.32 Å². The molecule has 7 heteroatoms. The SMILES string of the molecule is CCN(CC(=O)NCc1ccc(F)cc1)S(=O)(=O)c1ccc2c(c1)CCC2. The van der Waals surface area contributed by atoms with Crippen molar-refractivity contribution in [2.24, 2.45) is 0 Å². The zero-order valence-corrected chi connectivity index (χ0v) is 16.1. The summed E-state index contributed by atoms with van der Waals surface area (Å²) in [4.78, 5) is 12.5. The van der Waals surface area contributed by atoms with E-state index in [0.717, 1.165) is 30.4 Å². The highest BCUT2D eigenvalue weighted by Gasteiger charge is 2.26. The second kappa shape index (κ2) is 8.19. The van der Waals surface area contributed by atoms with Gasteiger partial charge in [0.2, 0.25) is 15.9 Å². The molecule has 1 amide bonds. The molecule has 0 radical (unpaired) electrons. The van der Waals surface area contributed by atoms with Gasteiger partial charge in [-0.1, -0.05) is 25.1 Å². The number of halogens is 1. The quantitative estimate of drug-likeness (QED) is 0.790. The van der Waals surface area contributed by atoms with Gasteiger partial charge in [0.15, 0.2) is 0 Å². The normalized spacial score (nSPS) is 13.6. The highest BCUT2D eigenvalue weighted by Crippen LogP contribution is 2.26. The van der Waals surface area contributed by atoms with E-state index in [1.165, 1.54) is 22.0 Å². The fourth-order valence-corrected chi connectivity index (χ4v) is 4.70. The van der Waals surface area contributed by atoms with E-state index in [0.29, 0.717) is 0 Å². The zero-order chi connectivity index (χ0) is 19.4. The van der Waals surface area contributed by atoms with Gasteiger partial charge in [0.1, 0.15) is 5.82 Å². The average molecular weight is 390 g/mol. The third-order valence-electron chi connectivity index (χ3n) is 4.78. The third-order valence-corrected chi connectivity index (χ3v) is 6.70. The van der Waals surface area contributed by atoms with Crippen molar-refractivity contribution in [2.45, 2.75) is 37.6 Å². The largest absolute Gasteiger partial charge is 0.351 e. The minimum absolute atomic E-state index is 0.198. The molecule has 1 aliphatic rings. The predicted octanol–water partition coefficient (Wildman–Crippen LogP) is 2.64. The van der Waals surface area contributed by atoms with E-state index < -0.39 is 15.9 Å². The minimum Gasteiger partial charge on any atom is -0.351 e. The second-order valence-corrected chi connectivity index (χ2v) is 8.56.